The first kappa shape index (κ1) is 22.7. The van der Waals surface area contributed by atoms with E-state index in [0.717, 1.165) is 11.3 Å². The van der Waals surface area contributed by atoms with Gasteiger partial charge in [0.15, 0.2) is 12.4 Å². The van der Waals surface area contributed by atoms with Crippen LogP contribution in [-0.2, 0) is 11.5 Å². The lowest BCUT2D eigenvalue weighted by Crippen LogP contribution is -2.40. The van der Waals surface area contributed by atoms with Crippen molar-refractivity contribution in [2.75, 3.05) is 26.2 Å². The molecule has 3 rings (SSSR count). The molecule has 0 bridgehead atoms. The summed E-state index contributed by atoms with van der Waals surface area (Å²) in [6.45, 7) is 11.8. The fourth-order valence-corrected chi connectivity index (χ4v) is 3.44. The van der Waals surface area contributed by atoms with Gasteiger partial charge in [-0.1, -0.05) is 17.7 Å². The Morgan fingerprint density at radius 2 is 1.74 bits per heavy atom. The van der Waals surface area contributed by atoms with Crippen molar-refractivity contribution < 1.29 is 19.1 Å². The van der Waals surface area contributed by atoms with Crippen LogP contribution in [-0.4, -0.2) is 63.4 Å². The van der Waals surface area contributed by atoms with Crippen LogP contribution in [0.1, 0.15) is 48.8 Å². The lowest BCUT2D eigenvalue weighted by atomic mass is 10.1. The Labute approximate surface area is 183 Å². The highest BCUT2D eigenvalue weighted by atomic mass is 16.6. The molecule has 8 nitrogen and oxygen atoms in total. The van der Waals surface area contributed by atoms with Gasteiger partial charge in [0.2, 0.25) is 0 Å². The standard InChI is InChI=1S/C23H32N4O4/c1-17-7-8-20(18(2)15-17)30-16-27-12-9-19(24-27)21(28)25-10-6-11-26(14-13-25)22(29)31-23(3,4)5/h7-9,12,15H,6,10-11,13-14,16H2,1-5H3. The van der Waals surface area contributed by atoms with Crippen molar-refractivity contribution in [1.82, 2.24) is 19.6 Å². The van der Waals surface area contributed by atoms with Crippen molar-refractivity contribution in [3.63, 3.8) is 0 Å². The van der Waals surface area contributed by atoms with Crippen molar-refractivity contribution in [2.45, 2.75) is 53.4 Å². The maximum atomic E-state index is 12.9. The molecule has 2 aromatic rings. The number of nitrogens with zero attached hydrogens (tertiary/aromatic N) is 4. The minimum absolute atomic E-state index is 0.142. The Morgan fingerprint density at radius 3 is 2.45 bits per heavy atom. The molecule has 8 heteroatoms. The summed E-state index contributed by atoms with van der Waals surface area (Å²) in [4.78, 5) is 28.6. The lowest BCUT2D eigenvalue weighted by molar-refractivity contribution is 0.0255. The molecule has 1 aliphatic heterocycles. The van der Waals surface area contributed by atoms with Gasteiger partial charge in [0.05, 0.1) is 0 Å². The van der Waals surface area contributed by atoms with E-state index < -0.39 is 5.60 Å². The number of carbonyl (C=O) groups is 2. The molecule has 0 radical (unpaired) electrons. The molecule has 0 spiro atoms. The summed E-state index contributed by atoms with van der Waals surface area (Å²) in [5.74, 6) is 0.653. The summed E-state index contributed by atoms with van der Waals surface area (Å²) in [5, 5.41) is 4.38. The quantitative estimate of drug-likeness (QED) is 0.743. The molecular formula is C23H32N4O4. The van der Waals surface area contributed by atoms with Crippen LogP contribution >= 0.6 is 0 Å². The van der Waals surface area contributed by atoms with E-state index in [0.29, 0.717) is 38.3 Å². The van der Waals surface area contributed by atoms with E-state index in [2.05, 4.69) is 11.2 Å². The third-order valence-corrected chi connectivity index (χ3v) is 4.98. The number of aryl methyl sites for hydroxylation is 2. The third-order valence-electron chi connectivity index (χ3n) is 4.98. The van der Waals surface area contributed by atoms with Crippen LogP contribution in [0.2, 0.25) is 0 Å². The van der Waals surface area contributed by atoms with Gasteiger partial charge < -0.3 is 19.3 Å². The van der Waals surface area contributed by atoms with Crippen molar-refractivity contribution in [3.05, 3.63) is 47.3 Å². The molecule has 2 amide bonds. The molecular weight excluding hydrogens is 396 g/mol. The molecule has 1 aromatic carbocycles. The van der Waals surface area contributed by atoms with Crippen molar-refractivity contribution >= 4 is 12.0 Å². The number of rotatable bonds is 4. The van der Waals surface area contributed by atoms with Crippen LogP contribution in [0.5, 0.6) is 5.75 Å². The van der Waals surface area contributed by atoms with Gasteiger partial charge in [0.1, 0.15) is 11.4 Å². The Balaban J connectivity index is 1.56. The first-order valence-corrected chi connectivity index (χ1v) is 10.6. The molecule has 31 heavy (non-hydrogen) atoms. The van der Waals surface area contributed by atoms with Gasteiger partial charge in [-0.05, 0) is 58.7 Å². The van der Waals surface area contributed by atoms with Crippen LogP contribution in [0, 0.1) is 13.8 Å². The molecule has 1 saturated heterocycles. The Kier molecular flexibility index (Phi) is 6.87. The summed E-state index contributed by atoms with van der Waals surface area (Å²) in [6, 6.07) is 7.70. The number of benzene rings is 1. The van der Waals surface area contributed by atoms with Gasteiger partial charge in [-0.3, -0.25) is 4.79 Å². The summed E-state index contributed by atoms with van der Waals surface area (Å²) < 4.78 is 12.9. The van der Waals surface area contributed by atoms with E-state index in [1.165, 1.54) is 5.56 Å². The van der Waals surface area contributed by atoms with Gasteiger partial charge in [-0.15, -0.1) is 0 Å². The minimum Gasteiger partial charge on any atom is -0.471 e. The number of hydrogen-bond acceptors (Lipinski definition) is 5. The van der Waals surface area contributed by atoms with Crippen LogP contribution in [0.25, 0.3) is 0 Å². The Hall–Kier alpha value is -3.03. The van der Waals surface area contributed by atoms with Crippen molar-refractivity contribution in [3.8, 4) is 5.75 Å². The average molecular weight is 429 g/mol. The van der Waals surface area contributed by atoms with E-state index in [9.17, 15) is 9.59 Å². The average Bonchev–Trinajstić information content (AvgIpc) is 3.01. The van der Waals surface area contributed by atoms with Crippen LogP contribution in [0.15, 0.2) is 30.5 Å². The van der Waals surface area contributed by atoms with Gasteiger partial charge >= 0.3 is 6.09 Å². The maximum absolute atomic E-state index is 12.9. The Bertz CT molecular complexity index is 932. The lowest BCUT2D eigenvalue weighted by Gasteiger charge is -2.26. The molecule has 168 valence electrons. The maximum Gasteiger partial charge on any atom is 0.410 e. The highest BCUT2D eigenvalue weighted by Crippen LogP contribution is 2.19. The highest BCUT2D eigenvalue weighted by molar-refractivity contribution is 5.92. The zero-order chi connectivity index (χ0) is 22.6. The largest absolute Gasteiger partial charge is 0.471 e. The smallest absolute Gasteiger partial charge is 0.410 e. The highest BCUT2D eigenvalue weighted by Gasteiger charge is 2.27. The van der Waals surface area contributed by atoms with Crippen molar-refractivity contribution in [1.29, 1.82) is 0 Å². The predicted octanol–water partition coefficient (Wildman–Crippen LogP) is 3.62. The monoisotopic (exact) mass is 428 g/mol. The minimum atomic E-state index is -0.537. The molecule has 1 aromatic heterocycles. The second-order valence-electron chi connectivity index (χ2n) is 8.90. The fourth-order valence-electron chi connectivity index (χ4n) is 3.44. The molecule has 1 fully saturated rings. The van der Waals surface area contributed by atoms with Crippen LogP contribution in [0.3, 0.4) is 0 Å². The number of amides is 2. The zero-order valence-electron chi connectivity index (χ0n) is 19.1. The SMILES string of the molecule is Cc1ccc(OCn2ccc(C(=O)N3CCCN(C(=O)OC(C)(C)C)CC3)n2)c(C)c1. The number of carbonyl (C=O) groups excluding carboxylic acids is 2. The van der Waals surface area contributed by atoms with E-state index in [4.69, 9.17) is 9.47 Å². The predicted molar refractivity (Wildman–Crippen MR) is 117 cm³/mol. The number of ether oxygens (including phenoxy) is 2. The molecule has 1 aliphatic rings. The molecule has 0 aliphatic carbocycles. The second kappa shape index (κ2) is 9.41. The van der Waals surface area contributed by atoms with E-state index in [1.54, 1.807) is 26.7 Å². The topological polar surface area (TPSA) is 76.9 Å². The fraction of sp³-hybridized carbons (Fsp3) is 0.522. The van der Waals surface area contributed by atoms with Crippen LogP contribution < -0.4 is 4.74 Å². The summed E-state index contributed by atoms with van der Waals surface area (Å²) in [5.41, 5.74) is 2.07. The molecule has 0 unspecified atom stereocenters. The van der Waals surface area contributed by atoms with E-state index >= 15 is 0 Å². The van der Waals surface area contributed by atoms with E-state index in [1.807, 2.05) is 46.8 Å². The summed E-state index contributed by atoms with van der Waals surface area (Å²) in [7, 11) is 0. The molecule has 0 saturated carbocycles. The first-order valence-electron chi connectivity index (χ1n) is 10.6. The van der Waals surface area contributed by atoms with E-state index in [-0.39, 0.29) is 18.7 Å². The first-order chi connectivity index (χ1) is 14.6. The van der Waals surface area contributed by atoms with Gasteiger partial charge in [0, 0.05) is 32.4 Å². The zero-order valence-corrected chi connectivity index (χ0v) is 19.1. The third kappa shape index (κ3) is 6.23. The molecule has 2 heterocycles. The number of hydrogen-bond donors (Lipinski definition) is 0. The summed E-state index contributed by atoms with van der Waals surface area (Å²) >= 11 is 0. The van der Waals surface area contributed by atoms with Crippen LogP contribution in [0.4, 0.5) is 4.79 Å². The van der Waals surface area contributed by atoms with Gasteiger partial charge in [-0.2, -0.15) is 5.10 Å². The molecule has 0 N–H and O–H groups in total. The second-order valence-corrected chi connectivity index (χ2v) is 8.90. The molecule has 0 atom stereocenters. The number of aromatic nitrogens is 2. The van der Waals surface area contributed by atoms with Gasteiger partial charge in [-0.25, -0.2) is 9.48 Å². The Morgan fingerprint density at radius 1 is 1.03 bits per heavy atom. The van der Waals surface area contributed by atoms with Crippen molar-refractivity contribution in [2.24, 2.45) is 0 Å². The van der Waals surface area contributed by atoms with Gasteiger partial charge in [0.25, 0.3) is 5.91 Å². The normalized spacial score (nSPS) is 14.9. The summed E-state index contributed by atoms with van der Waals surface area (Å²) in [6.07, 6.45) is 2.10.